The van der Waals surface area contributed by atoms with Crippen LogP contribution in [0.5, 0.6) is 0 Å². The molecule has 0 aliphatic carbocycles. The van der Waals surface area contributed by atoms with E-state index in [0.29, 0.717) is 0 Å². The lowest BCUT2D eigenvalue weighted by Gasteiger charge is -2.15. The van der Waals surface area contributed by atoms with E-state index in [0.717, 1.165) is 20.3 Å². The summed E-state index contributed by atoms with van der Waals surface area (Å²) in [7, 11) is 3.15. The standard InChI is InChI=1S/C7H12N2.C2H4O3/c1-3-4-9-6-5-8(2)7-9;1-5-2(3)4/h3,5-6H,1,4,7H2,2H3;1H3,(H,3,4). The van der Waals surface area contributed by atoms with Crippen LogP contribution >= 0.6 is 0 Å². The molecule has 0 aromatic heterocycles. The first kappa shape index (κ1) is 12.3. The molecule has 1 N–H and O–H groups in total. The van der Waals surface area contributed by atoms with Crippen LogP contribution in [0.3, 0.4) is 0 Å². The van der Waals surface area contributed by atoms with Crippen molar-refractivity contribution in [2.45, 2.75) is 0 Å². The molecule has 1 heterocycles. The van der Waals surface area contributed by atoms with Gasteiger partial charge in [-0.1, -0.05) is 6.08 Å². The number of carboxylic acid groups (broad SMARTS) is 1. The summed E-state index contributed by atoms with van der Waals surface area (Å²) in [5.41, 5.74) is 0. The second-order valence-electron chi connectivity index (χ2n) is 2.73. The van der Waals surface area contributed by atoms with Gasteiger partial charge in [0.05, 0.1) is 13.8 Å². The molecule has 0 unspecified atom stereocenters. The summed E-state index contributed by atoms with van der Waals surface area (Å²) < 4.78 is 3.67. The molecule has 0 fully saturated rings. The Balaban J connectivity index is 0.000000292. The lowest BCUT2D eigenvalue weighted by atomic mass is 10.6. The summed E-state index contributed by atoms with van der Waals surface area (Å²) in [6, 6.07) is 0. The van der Waals surface area contributed by atoms with E-state index in [-0.39, 0.29) is 0 Å². The molecule has 1 rings (SSSR count). The fourth-order valence-corrected chi connectivity index (χ4v) is 0.873. The normalized spacial score (nSPS) is 13.3. The molecule has 1 aliphatic heterocycles. The minimum absolute atomic E-state index is 0.945. The molecule has 0 radical (unpaired) electrons. The van der Waals surface area contributed by atoms with Crippen molar-refractivity contribution in [3.8, 4) is 0 Å². The molecular formula is C9H16N2O3. The van der Waals surface area contributed by atoms with Gasteiger partial charge in [-0.3, -0.25) is 0 Å². The number of nitrogens with zero attached hydrogens (tertiary/aromatic N) is 2. The molecule has 5 heteroatoms. The Kier molecular flexibility index (Phi) is 6.02. The summed E-state index contributed by atoms with van der Waals surface area (Å²) >= 11 is 0. The highest BCUT2D eigenvalue weighted by atomic mass is 16.6. The highest BCUT2D eigenvalue weighted by Crippen LogP contribution is 2.01. The van der Waals surface area contributed by atoms with Crippen LogP contribution in [0.15, 0.2) is 25.1 Å². The van der Waals surface area contributed by atoms with Crippen molar-refractivity contribution in [1.29, 1.82) is 0 Å². The van der Waals surface area contributed by atoms with E-state index >= 15 is 0 Å². The van der Waals surface area contributed by atoms with Crippen LogP contribution in [0, 0.1) is 0 Å². The Bertz CT molecular complexity index is 216. The Labute approximate surface area is 83.9 Å². The van der Waals surface area contributed by atoms with E-state index in [9.17, 15) is 0 Å². The number of rotatable bonds is 2. The number of hydrogen-bond acceptors (Lipinski definition) is 4. The van der Waals surface area contributed by atoms with Crippen LogP contribution < -0.4 is 0 Å². The van der Waals surface area contributed by atoms with Crippen LogP contribution in [0.2, 0.25) is 0 Å². The lowest BCUT2D eigenvalue weighted by molar-refractivity contribution is 0.114. The van der Waals surface area contributed by atoms with E-state index in [4.69, 9.17) is 9.90 Å². The lowest BCUT2D eigenvalue weighted by Crippen LogP contribution is -2.21. The van der Waals surface area contributed by atoms with E-state index in [1.807, 2.05) is 6.08 Å². The van der Waals surface area contributed by atoms with Gasteiger partial charge in [-0.2, -0.15) is 0 Å². The van der Waals surface area contributed by atoms with Crippen molar-refractivity contribution in [2.24, 2.45) is 0 Å². The topological polar surface area (TPSA) is 53.0 Å². The van der Waals surface area contributed by atoms with E-state index < -0.39 is 6.16 Å². The Morgan fingerprint density at radius 1 is 1.71 bits per heavy atom. The Morgan fingerprint density at radius 2 is 2.29 bits per heavy atom. The zero-order valence-electron chi connectivity index (χ0n) is 8.51. The Hall–Kier alpha value is -1.65. The number of ether oxygens (including phenoxy) is 1. The maximum Gasteiger partial charge on any atom is 0.505 e. The average molecular weight is 200 g/mol. The first-order chi connectivity index (χ1) is 6.60. The van der Waals surface area contributed by atoms with Gasteiger partial charge in [0, 0.05) is 26.0 Å². The molecule has 0 aromatic rings. The summed E-state index contributed by atoms with van der Waals surface area (Å²) in [5.74, 6) is 0. The van der Waals surface area contributed by atoms with Crippen LogP contribution in [0.1, 0.15) is 0 Å². The summed E-state index contributed by atoms with van der Waals surface area (Å²) in [6.07, 6.45) is 4.79. The fourth-order valence-electron chi connectivity index (χ4n) is 0.873. The summed E-state index contributed by atoms with van der Waals surface area (Å²) in [5, 5.41) is 7.50. The molecule has 1 aliphatic rings. The van der Waals surface area contributed by atoms with E-state index in [1.54, 1.807) is 0 Å². The molecular weight excluding hydrogens is 184 g/mol. The third-order valence-electron chi connectivity index (χ3n) is 1.47. The molecule has 0 saturated heterocycles. The predicted octanol–water partition coefficient (Wildman–Crippen LogP) is 1.16. The van der Waals surface area contributed by atoms with Crippen LogP contribution in [-0.4, -0.2) is 48.4 Å². The van der Waals surface area contributed by atoms with Crippen molar-refractivity contribution in [2.75, 3.05) is 27.4 Å². The van der Waals surface area contributed by atoms with Gasteiger partial charge >= 0.3 is 6.16 Å². The van der Waals surface area contributed by atoms with Crippen molar-refractivity contribution >= 4 is 6.16 Å². The zero-order chi connectivity index (χ0) is 11.0. The van der Waals surface area contributed by atoms with Crippen LogP contribution in [-0.2, 0) is 4.74 Å². The van der Waals surface area contributed by atoms with E-state index in [2.05, 4.69) is 40.6 Å². The van der Waals surface area contributed by atoms with Crippen molar-refractivity contribution in [3.63, 3.8) is 0 Å². The van der Waals surface area contributed by atoms with Gasteiger partial charge in [0.25, 0.3) is 0 Å². The molecule has 0 amide bonds. The maximum atomic E-state index is 9.15. The third-order valence-corrected chi connectivity index (χ3v) is 1.47. The highest BCUT2D eigenvalue weighted by molar-refractivity contribution is 5.56. The van der Waals surface area contributed by atoms with Gasteiger partial charge in [-0.25, -0.2) is 4.79 Å². The molecule has 0 atom stereocenters. The quantitative estimate of drug-likeness (QED) is 0.535. The molecule has 0 bridgehead atoms. The molecule has 14 heavy (non-hydrogen) atoms. The average Bonchev–Trinajstić information content (AvgIpc) is 2.53. The highest BCUT2D eigenvalue weighted by Gasteiger charge is 2.04. The second kappa shape index (κ2) is 6.82. The zero-order valence-corrected chi connectivity index (χ0v) is 8.51. The van der Waals surface area contributed by atoms with Crippen LogP contribution in [0.4, 0.5) is 4.79 Å². The number of carbonyl (C=O) groups is 1. The molecule has 0 spiro atoms. The first-order valence-electron chi connectivity index (χ1n) is 4.10. The van der Waals surface area contributed by atoms with E-state index in [1.165, 1.54) is 0 Å². The maximum absolute atomic E-state index is 9.15. The fraction of sp³-hybridized carbons (Fsp3) is 0.444. The molecule has 0 saturated carbocycles. The first-order valence-corrected chi connectivity index (χ1v) is 4.10. The molecule has 80 valence electrons. The van der Waals surface area contributed by atoms with Gasteiger partial charge in [0.15, 0.2) is 0 Å². The monoisotopic (exact) mass is 200 g/mol. The Morgan fingerprint density at radius 3 is 2.57 bits per heavy atom. The largest absolute Gasteiger partial charge is 0.505 e. The summed E-state index contributed by atoms with van der Waals surface area (Å²) in [4.78, 5) is 13.5. The van der Waals surface area contributed by atoms with Crippen molar-refractivity contribution in [1.82, 2.24) is 9.80 Å². The van der Waals surface area contributed by atoms with Crippen molar-refractivity contribution in [3.05, 3.63) is 25.1 Å². The third kappa shape index (κ3) is 5.93. The second-order valence-corrected chi connectivity index (χ2v) is 2.73. The SMILES string of the molecule is C=CCN1C=CN(C)C1.COC(=O)O. The number of methoxy groups -OCH3 is 1. The summed E-state index contributed by atoms with van der Waals surface area (Å²) in [6.45, 7) is 5.59. The van der Waals surface area contributed by atoms with Gasteiger partial charge in [-0.15, -0.1) is 6.58 Å². The minimum Gasteiger partial charge on any atom is -0.450 e. The minimum atomic E-state index is -1.25. The predicted molar refractivity (Wildman–Crippen MR) is 53.7 cm³/mol. The smallest absolute Gasteiger partial charge is 0.450 e. The van der Waals surface area contributed by atoms with Gasteiger partial charge < -0.3 is 19.6 Å². The van der Waals surface area contributed by atoms with Gasteiger partial charge in [0.2, 0.25) is 0 Å². The van der Waals surface area contributed by atoms with Gasteiger partial charge in [-0.05, 0) is 0 Å². The van der Waals surface area contributed by atoms with Crippen molar-refractivity contribution < 1.29 is 14.6 Å². The van der Waals surface area contributed by atoms with Crippen LogP contribution in [0.25, 0.3) is 0 Å². The molecule has 5 nitrogen and oxygen atoms in total. The van der Waals surface area contributed by atoms with Gasteiger partial charge in [0.1, 0.15) is 0 Å². The number of hydrogen-bond donors (Lipinski definition) is 1. The molecule has 0 aromatic carbocycles.